The van der Waals surface area contributed by atoms with E-state index in [2.05, 4.69) is 201 Å². The van der Waals surface area contributed by atoms with E-state index in [1.54, 1.807) is 5.56 Å². The molecule has 0 bridgehead atoms. The van der Waals surface area contributed by atoms with Crippen LogP contribution in [0.3, 0.4) is 0 Å². The molecule has 0 spiro atoms. The molecule has 8 aromatic rings. The standard InChI is InChI=1S/C55H47N/c1-55(2)51-24-14-23-48(40-17-8-4-9-18-40)54(51)50-36-34-46(37-52(50)55)56(44-30-25-39(26-31-44)38-15-6-3-7-16-38)45-32-27-42(28-33-45)49-35-29-41-19-12-13-22-47(41)53(49)43-20-10-5-11-21-43/h3,5-7,10-16,19-37,40H,4,8-9,17-18H2,1-2H3. The lowest BCUT2D eigenvalue weighted by molar-refractivity contribution is 0.444. The Hall–Kier alpha value is -6.18. The first-order chi connectivity index (χ1) is 27.5. The van der Waals surface area contributed by atoms with E-state index in [4.69, 9.17) is 0 Å². The molecule has 0 amide bonds. The van der Waals surface area contributed by atoms with E-state index >= 15 is 0 Å². The Balaban J connectivity index is 1.09. The zero-order chi connectivity index (χ0) is 37.6. The van der Waals surface area contributed by atoms with E-state index in [9.17, 15) is 0 Å². The normalized spacial score (nSPS) is 14.7. The van der Waals surface area contributed by atoms with Crippen molar-refractivity contribution in [2.45, 2.75) is 57.3 Å². The van der Waals surface area contributed by atoms with Gasteiger partial charge in [-0.2, -0.15) is 0 Å². The van der Waals surface area contributed by atoms with Gasteiger partial charge in [-0.05, 0) is 127 Å². The van der Waals surface area contributed by atoms with Crippen molar-refractivity contribution in [2.24, 2.45) is 0 Å². The summed E-state index contributed by atoms with van der Waals surface area (Å²) in [4.78, 5) is 2.44. The van der Waals surface area contributed by atoms with E-state index in [0.29, 0.717) is 5.92 Å². The van der Waals surface area contributed by atoms with Gasteiger partial charge in [0.15, 0.2) is 0 Å². The molecular formula is C55H47N. The largest absolute Gasteiger partial charge is 0.310 e. The fraction of sp³-hybridized carbons (Fsp3) is 0.164. The number of nitrogens with zero attached hydrogens (tertiary/aromatic N) is 1. The maximum atomic E-state index is 2.48. The molecule has 1 fully saturated rings. The molecule has 0 unspecified atom stereocenters. The van der Waals surface area contributed by atoms with Gasteiger partial charge in [0.1, 0.15) is 0 Å². The fourth-order valence-corrected chi connectivity index (χ4v) is 9.80. The third-order valence-electron chi connectivity index (χ3n) is 12.7. The summed E-state index contributed by atoms with van der Waals surface area (Å²) < 4.78 is 0. The molecule has 0 heterocycles. The minimum absolute atomic E-state index is 0.0953. The first kappa shape index (κ1) is 34.3. The second-order valence-corrected chi connectivity index (χ2v) is 16.3. The van der Waals surface area contributed by atoms with Crippen LogP contribution in [0.4, 0.5) is 17.1 Å². The van der Waals surface area contributed by atoms with Crippen molar-refractivity contribution >= 4 is 27.8 Å². The van der Waals surface area contributed by atoms with Crippen LogP contribution in [-0.2, 0) is 5.41 Å². The van der Waals surface area contributed by atoms with Crippen LogP contribution in [-0.4, -0.2) is 0 Å². The van der Waals surface area contributed by atoms with E-state index in [-0.39, 0.29) is 5.41 Å². The monoisotopic (exact) mass is 721 g/mol. The number of fused-ring (bicyclic) bond motifs is 4. The summed E-state index contributed by atoms with van der Waals surface area (Å²) in [5.74, 6) is 0.656. The molecule has 2 aliphatic rings. The van der Waals surface area contributed by atoms with Gasteiger partial charge < -0.3 is 4.90 Å². The molecule has 1 saturated carbocycles. The summed E-state index contributed by atoms with van der Waals surface area (Å²) in [6.45, 7) is 4.85. The summed E-state index contributed by atoms with van der Waals surface area (Å²) >= 11 is 0. The average Bonchev–Trinajstić information content (AvgIpc) is 3.50. The predicted molar refractivity (Wildman–Crippen MR) is 238 cm³/mol. The smallest absolute Gasteiger partial charge is 0.0465 e. The highest BCUT2D eigenvalue weighted by molar-refractivity contribution is 6.04. The van der Waals surface area contributed by atoms with Gasteiger partial charge in [-0.15, -0.1) is 0 Å². The molecule has 272 valence electrons. The molecule has 1 heteroatoms. The van der Waals surface area contributed by atoms with Gasteiger partial charge in [-0.25, -0.2) is 0 Å². The molecular weight excluding hydrogens is 675 g/mol. The Morgan fingerprint density at radius 2 is 1.02 bits per heavy atom. The van der Waals surface area contributed by atoms with Crippen molar-refractivity contribution in [3.8, 4) is 44.5 Å². The predicted octanol–water partition coefficient (Wildman–Crippen LogP) is 15.7. The first-order valence-corrected chi connectivity index (χ1v) is 20.5. The summed E-state index contributed by atoms with van der Waals surface area (Å²) in [5, 5.41) is 2.53. The third-order valence-corrected chi connectivity index (χ3v) is 12.7. The highest BCUT2D eigenvalue weighted by Crippen LogP contribution is 2.54. The summed E-state index contributed by atoms with van der Waals surface area (Å²) in [6.07, 6.45) is 6.66. The van der Waals surface area contributed by atoms with Crippen LogP contribution in [0.15, 0.2) is 182 Å². The number of rotatable bonds is 7. The van der Waals surface area contributed by atoms with Gasteiger partial charge in [0.2, 0.25) is 0 Å². The lowest BCUT2D eigenvalue weighted by Gasteiger charge is -2.28. The fourth-order valence-electron chi connectivity index (χ4n) is 9.80. The Bertz CT molecular complexity index is 2660. The van der Waals surface area contributed by atoms with Gasteiger partial charge in [0.05, 0.1) is 0 Å². The number of benzene rings is 8. The minimum Gasteiger partial charge on any atom is -0.310 e. The van der Waals surface area contributed by atoms with Crippen LogP contribution in [0.25, 0.3) is 55.3 Å². The molecule has 56 heavy (non-hydrogen) atoms. The van der Waals surface area contributed by atoms with Crippen LogP contribution < -0.4 is 4.90 Å². The van der Waals surface area contributed by atoms with Gasteiger partial charge in [-0.3, -0.25) is 0 Å². The Kier molecular flexibility index (Phi) is 8.67. The molecule has 0 radical (unpaired) electrons. The molecule has 1 nitrogen and oxygen atoms in total. The molecule has 0 saturated heterocycles. The lowest BCUT2D eigenvalue weighted by Crippen LogP contribution is -2.17. The molecule has 8 aromatic carbocycles. The van der Waals surface area contributed by atoms with Crippen LogP contribution in [0.2, 0.25) is 0 Å². The quantitative estimate of drug-likeness (QED) is 0.158. The van der Waals surface area contributed by atoms with Crippen molar-refractivity contribution in [1.29, 1.82) is 0 Å². The van der Waals surface area contributed by atoms with Gasteiger partial charge in [-0.1, -0.05) is 179 Å². The van der Waals surface area contributed by atoms with E-state index in [1.807, 2.05) is 0 Å². The minimum atomic E-state index is -0.0953. The number of hydrogen-bond acceptors (Lipinski definition) is 1. The molecule has 10 rings (SSSR count). The van der Waals surface area contributed by atoms with Crippen LogP contribution in [0.5, 0.6) is 0 Å². The number of anilines is 3. The highest BCUT2D eigenvalue weighted by atomic mass is 15.1. The topological polar surface area (TPSA) is 3.24 Å². The Labute approximate surface area is 331 Å². The molecule has 2 aliphatic carbocycles. The molecule has 0 N–H and O–H groups in total. The summed E-state index contributed by atoms with van der Waals surface area (Å²) in [5.41, 5.74) is 18.1. The Morgan fingerprint density at radius 1 is 0.429 bits per heavy atom. The van der Waals surface area contributed by atoms with Crippen LogP contribution >= 0.6 is 0 Å². The van der Waals surface area contributed by atoms with Gasteiger partial charge in [0.25, 0.3) is 0 Å². The molecule has 0 aliphatic heterocycles. The first-order valence-electron chi connectivity index (χ1n) is 20.5. The second kappa shape index (κ2) is 14.2. The van der Waals surface area contributed by atoms with Crippen molar-refractivity contribution in [3.05, 3.63) is 199 Å². The zero-order valence-corrected chi connectivity index (χ0v) is 32.4. The van der Waals surface area contributed by atoms with Crippen molar-refractivity contribution < 1.29 is 0 Å². The summed E-state index contributed by atoms with van der Waals surface area (Å²) in [7, 11) is 0. The molecule has 0 aromatic heterocycles. The van der Waals surface area contributed by atoms with Crippen molar-refractivity contribution in [2.75, 3.05) is 4.90 Å². The van der Waals surface area contributed by atoms with E-state index in [0.717, 1.165) is 11.4 Å². The van der Waals surface area contributed by atoms with Crippen LogP contribution in [0, 0.1) is 0 Å². The van der Waals surface area contributed by atoms with Gasteiger partial charge >= 0.3 is 0 Å². The van der Waals surface area contributed by atoms with Crippen molar-refractivity contribution in [3.63, 3.8) is 0 Å². The van der Waals surface area contributed by atoms with Gasteiger partial charge in [0, 0.05) is 22.5 Å². The zero-order valence-electron chi connectivity index (χ0n) is 32.4. The van der Waals surface area contributed by atoms with E-state index < -0.39 is 0 Å². The van der Waals surface area contributed by atoms with Crippen LogP contribution in [0.1, 0.15) is 68.6 Å². The highest BCUT2D eigenvalue weighted by Gasteiger charge is 2.38. The number of hydrogen-bond donors (Lipinski definition) is 0. The SMILES string of the molecule is CC1(C)c2cc(N(c3ccc(-c4ccccc4)cc3)c3ccc(-c4ccc5ccccc5c4-c4ccccc4)cc3)ccc2-c2c(C3CCCCC3)cccc21. The maximum Gasteiger partial charge on any atom is 0.0465 e. The maximum absolute atomic E-state index is 2.48. The average molecular weight is 722 g/mol. The third kappa shape index (κ3) is 5.94. The summed E-state index contributed by atoms with van der Waals surface area (Å²) in [6, 6.07) is 67.5. The van der Waals surface area contributed by atoms with Crippen molar-refractivity contribution in [1.82, 2.24) is 0 Å². The lowest BCUT2D eigenvalue weighted by atomic mass is 9.78. The Morgan fingerprint density at radius 3 is 1.73 bits per heavy atom. The molecule has 0 atom stereocenters. The van der Waals surface area contributed by atoms with E-state index in [1.165, 1.54) is 104 Å². The second-order valence-electron chi connectivity index (χ2n) is 16.3.